The lowest BCUT2D eigenvalue weighted by Crippen LogP contribution is -2.25. The summed E-state index contributed by atoms with van der Waals surface area (Å²) in [6.45, 7) is 0.973. The fourth-order valence-electron chi connectivity index (χ4n) is 1.80. The first-order valence-corrected chi connectivity index (χ1v) is 5.89. The summed E-state index contributed by atoms with van der Waals surface area (Å²) < 4.78 is 12.1. The van der Waals surface area contributed by atoms with Crippen molar-refractivity contribution in [2.75, 3.05) is 26.6 Å². The van der Waals surface area contributed by atoms with Crippen molar-refractivity contribution >= 4 is 5.69 Å². The van der Waals surface area contributed by atoms with Crippen LogP contribution < -0.4 is 5.73 Å². The van der Waals surface area contributed by atoms with E-state index in [-0.39, 0.29) is 6.10 Å². The number of tetrazole rings is 1. The second-order valence-electron chi connectivity index (χ2n) is 4.08. The first-order valence-electron chi connectivity index (χ1n) is 5.89. The number of hydrogen-bond donors (Lipinski definition) is 1. The van der Waals surface area contributed by atoms with E-state index in [1.807, 2.05) is 24.3 Å². The smallest absolute Gasteiger partial charge is 0.184 e. The monoisotopic (exact) mass is 263 g/mol. The zero-order chi connectivity index (χ0) is 13.7. The van der Waals surface area contributed by atoms with Crippen molar-refractivity contribution < 1.29 is 9.47 Å². The fraction of sp³-hybridized carbons (Fsp3) is 0.417. The number of benzene rings is 1. The van der Waals surface area contributed by atoms with Gasteiger partial charge in [0.25, 0.3) is 0 Å². The predicted octanol–water partition coefficient (Wildman–Crippen LogP) is 0.584. The molecule has 0 saturated carbocycles. The molecule has 19 heavy (non-hydrogen) atoms. The van der Waals surface area contributed by atoms with Crippen LogP contribution in [0.25, 0.3) is 11.4 Å². The molecular formula is C12H17N5O2. The van der Waals surface area contributed by atoms with Crippen LogP contribution in [0.2, 0.25) is 0 Å². The van der Waals surface area contributed by atoms with E-state index in [1.165, 1.54) is 0 Å². The quantitative estimate of drug-likeness (QED) is 0.767. The maximum absolute atomic E-state index is 5.94. The molecule has 0 saturated heterocycles. The Labute approximate surface area is 111 Å². The molecule has 0 spiro atoms. The highest BCUT2D eigenvalue weighted by Crippen LogP contribution is 2.22. The molecule has 2 rings (SSSR count). The van der Waals surface area contributed by atoms with Crippen molar-refractivity contribution in [2.45, 2.75) is 12.6 Å². The van der Waals surface area contributed by atoms with Crippen LogP contribution in [0.4, 0.5) is 5.69 Å². The molecule has 102 valence electrons. The molecule has 1 heterocycles. The summed E-state index contributed by atoms with van der Waals surface area (Å²) in [7, 11) is 3.26. The average molecular weight is 263 g/mol. The lowest BCUT2D eigenvalue weighted by atomic mass is 10.1. The van der Waals surface area contributed by atoms with Crippen LogP contribution in [-0.4, -0.2) is 47.1 Å². The third kappa shape index (κ3) is 3.07. The van der Waals surface area contributed by atoms with Gasteiger partial charge < -0.3 is 15.2 Å². The molecule has 0 amide bonds. The first-order chi connectivity index (χ1) is 9.26. The Hall–Kier alpha value is -1.99. The van der Waals surface area contributed by atoms with Crippen LogP contribution in [0.15, 0.2) is 24.3 Å². The average Bonchev–Trinajstić information content (AvgIpc) is 2.87. The van der Waals surface area contributed by atoms with Crippen LogP contribution in [0.3, 0.4) is 0 Å². The molecule has 0 radical (unpaired) electrons. The van der Waals surface area contributed by atoms with Gasteiger partial charge >= 0.3 is 0 Å². The number of methoxy groups -OCH3 is 2. The Balaban J connectivity index is 2.25. The second-order valence-corrected chi connectivity index (χ2v) is 4.08. The van der Waals surface area contributed by atoms with E-state index in [9.17, 15) is 0 Å². The van der Waals surface area contributed by atoms with Gasteiger partial charge in [-0.25, -0.2) is 4.68 Å². The maximum Gasteiger partial charge on any atom is 0.184 e. The number of nitrogens with zero attached hydrogens (tertiary/aromatic N) is 4. The van der Waals surface area contributed by atoms with Gasteiger partial charge in [0.15, 0.2) is 5.82 Å². The number of anilines is 1. The third-order valence-corrected chi connectivity index (χ3v) is 2.80. The van der Waals surface area contributed by atoms with Crippen molar-refractivity contribution in [2.24, 2.45) is 0 Å². The Morgan fingerprint density at radius 1 is 1.32 bits per heavy atom. The number of ether oxygens (including phenoxy) is 2. The van der Waals surface area contributed by atoms with E-state index in [2.05, 4.69) is 15.5 Å². The summed E-state index contributed by atoms with van der Waals surface area (Å²) in [5, 5.41) is 11.7. The summed E-state index contributed by atoms with van der Waals surface area (Å²) in [5.74, 6) is 0.622. The number of hydrogen-bond acceptors (Lipinski definition) is 6. The van der Waals surface area contributed by atoms with E-state index in [4.69, 9.17) is 15.2 Å². The SMILES string of the molecule is COCC(Cn1nnnc1-c1ccccc1N)OC. The Bertz CT molecular complexity index is 528. The lowest BCUT2D eigenvalue weighted by molar-refractivity contribution is 0.0163. The molecular weight excluding hydrogens is 246 g/mol. The van der Waals surface area contributed by atoms with Crippen molar-refractivity contribution in [3.63, 3.8) is 0 Å². The predicted molar refractivity (Wildman–Crippen MR) is 70.3 cm³/mol. The fourth-order valence-corrected chi connectivity index (χ4v) is 1.80. The lowest BCUT2D eigenvalue weighted by Gasteiger charge is -2.15. The third-order valence-electron chi connectivity index (χ3n) is 2.80. The number of para-hydroxylation sites is 1. The van der Waals surface area contributed by atoms with Gasteiger partial charge in [0.2, 0.25) is 0 Å². The molecule has 1 aromatic carbocycles. The number of nitrogen functional groups attached to an aromatic ring is 1. The highest BCUT2D eigenvalue weighted by molar-refractivity contribution is 5.70. The highest BCUT2D eigenvalue weighted by atomic mass is 16.5. The molecule has 1 unspecified atom stereocenters. The topological polar surface area (TPSA) is 88.1 Å². The summed E-state index contributed by atoms with van der Waals surface area (Å²) in [6.07, 6.45) is -0.114. The van der Waals surface area contributed by atoms with Crippen molar-refractivity contribution in [1.82, 2.24) is 20.2 Å². The Kier molecular flexibility index (Phi) is 4.43. The minimum Gasteiger partial charge on any atom is -0.398 e. The summed E-state index contributed by atoms with van der Waals surface area (Å²) in [4.78, 5) is 0. The minimum absolute atomic E-state index is 0.114. The van der Waals surface area contributed by atoms with E-state index < -0.39 is 0 Å². The van der Waals surface area contributed by atoms with Gasteiger partial charge in [-0.05, 0) is 22.6 Å². The zero-order valence-corrected chi connectivity index (χ0v) is 11.0. The molecule has 2 aromatic rings. The molecule has 0 aliphatic carbocycles. The van der Waals surface area contributed by atoms with Crippen molar-refractivity contribution in [3.05, 3.63) is 24.3 Å². The van der Waals surface area contributed by atoms with E-state index >= 15 is 0 Å². The van der Waals surface area contributed by atoms with Gasteiger partial charge in [-0.2, -0.15) is 0 Å². The second kappa shape index (κ2) is 6.26. The van der Waals surface area contributed by atoms with Gasteiger partial charge in [0.1, 0.15) is 6.10 Å². The Morgan fingerprint density at radius 2 is 2.11 bits per heavy atom. The van der Waals surface area contributed by atoms with Gasteiger partial charge in [0, 0.05) is 25.5 Å². The van der Waals surface area contributed by atoms with Crippen LogP contribution >= 0.6 is 0 Å². The van der Waals surface area contributed by atoms with Gasteiger partial charge in [-0.1, -0.05) is 12.1 Å². The Morgan fingerprint density at radius 3 is 2.79 bits per heavy atom. The highest BCUT2D eigenvalue weighted by Gasteiger charge is 2.15. The van der Waals surface area contributed by atoms with Gasteiger partial charge in [-0.15, -0.1) is 5.10 Å². The van der Waals surface area contributed by atoms with Gasteiger partial charge in [-0.3, -0.25) is 0 Å². The summed E-state index contributed by atoms with van der Waals surface area (Å²) >= 11 is 0. The molecule has 0 fully saturated rings. The molecule has 0 bridgehead atoms. The zero-order valence-electron chi connectivity index (χ0n) is 11.0. The number of rotatable bonds is 6. The van der Waals surface area contributed by atoms with E-state index in [0.29, 0.717) is 24.7 Å². The van der Waals surface area contributed by atoms with Crippen LogP contribution in [-0.2, 0) is 16.0 Å². The van der Waals surface area contributed by atoms with Crippen LogP contribution in [0.5, 0.6) is 0 Å². The molecule has 1 aromatic heterocycles. The molecule has 7 heteroatoms. The largest absolute Gasteiger partial charge is 0.398 e. The standard InChI is InChI=1S/C12H17N5O2/c1-18-8-9(19-2)7-17-12(14-15-16-17)10-5-3-4-6-11(10)13/h3-6,9H,7-8,13H2,1-2H3. The van der Waals surface area contributed by atoms with Crippen molar-refractivity contribution in [3.8, 4) is 11.4 Å². The van der Waals surface area contributed by atoms with Gasteiger partial charge in [0.05, 0.1) is 13.2 Å². The first kappa shape index (κ1) is 13.4. The molecule has 7 nitrogen and oxygen atoms in total. The normalized spacial score (nSPS) is 12.5. The maximum atomic E-state index is 5.94. The number of nitrogens with two attached hydrogens (primary N) is 1. The van der Waals surface area contributed by atoms with E-state index in [0.717, 1.165) is 5.56 Å². The van der Waals surface area contributed by atoms with Crippen LogP contribution in [0.1, 0.15) is 0 Å². The minimum atomic E-state index is -0.114. The van der Waals surface area contributed by atoms with E-state index in [1.54, 1.807) is 18.9 Å². The molecule has 0 aliphatic rings. The van der Waals surface area contributed by atoms with Crippen molar-refractivity contribution in [1.29, 1.82) is 0 Å². The van der Waals surface area contributed by atoms with Crippen LogP contribution in [0, 0.1) is 0 Å². The molecule has 1 atom stereocenters. The summed E-state index contributed by atoms with van der Waals surface area (Å²) in [5.41, 5.74) is 7.38. The number of aromatic nitrogens is 4. The summed E-state index contributed by atoms with van der Waals surface area (Å²) in [6, 6.07) is 7.47. The molecule has 2 N–H and O–H groups in total. The molecule has 0 aliphatic heterocycles.